The highest BCUT2D eigenvalue weighted by Crippen LogP contribution is 2.26. The number of benzene rings is 1. The van der Waals surface area contributed by atoms with Gasteiger partial charge in [-0.15, -0.1) is 0 Å². The van der Waals surface area contributed by atoms with Crippen molar-refractivity contribution in [1.29, 1.82) is 0 Å². The highest BCUT2D eigenvalue weighted by molar-refractivity contribution is 5.89. The smallest absolute Gasteiger partial charge is 0.338 e. The van der Waals surface area contributed by atoms with E-state index in [1.807, 2.05) is 14.1 Å². The van der Waals surface area contributed by atoms with Crippen LogP contribution in [0.3, 0.4) is 0 Å². The van der Waals surface area contributed by atoms with Gasteiger partial charge in [-0.1, -0.05) is 0 Å². The lowest BCUT2D eigenvalue weighted by Gasteiger charge is -2.25. The summed E-state index contributed by atoms with van der Waals surface area (Å²) >= 11 is 0. The van der Waals surface area contributed by atoms with Crippen LogP contribution in [-0.2, 0) is 4.74 Å². The third-order valence-corrected chi connectivity index (χ3v) is 3.65. The molecule has 1 aromatic carbocycles. The third-order valence-electron chi connectivity index (χ3n) is 3.65. The van der Waals surface area contributed by atoms with Crippen LogP contribution < -0.4 is 0 Å². The van der Waals surface area contributed by atoms with Crippen molar-refractivity contribution in [3.63, 3.8) is 0 Å². The van der Waals surface area contributed by atoms with E-state index >= 15 is 0 Å². The Bertz CT molecular complexity index is 498. The van der Waals surface area contributed by atoms with Gasteiger partial charge >= 0.3 is 5.97 Å². The quantitative estimate of drug-likeness (QED) is 0.480. The van der Waals surface area contributed by atoms with E-state index in [9.17, 15) is 14.9 Å². The Morgan fingerprint density at radius 3 is 2.50 bits per heavy atom. The zero-order valence-electron chi connectivity index (χ0n) is 11.6. The van der Waals surface area contributed by atoms with Crippen LogP contribution >= 0.6 is 0 Å². The van der Waals surface area contributed by atoms with Gasteiger partial charge < -0.3 is 9.64 Å². The molecule has 0 spiro atoms. The molecule has 0 bridgehead atoms. The lowest BCUT2D eigenvalue weighted by molar-refractivity contribution is -0.384. The van der Waals surface area contributed by atoms with E-state index in [0.717, 1.165) is 19.3 Å². The molecule has 0 aliphatic heterocycles. The predicted molar refractivity (Wildman–Crippen MR) is 73.6 cm³/mol. The Hall–Kier alpha value is -1.95. The Morgan fingerprint density at radius 2 is 1.95 bits per heavy atom. The van der Waals surface area contributed by atoms with E-state index in [1.54, 1.807) is 0 Å². The normalized spacial score (nSPS) is 21.9. The van der Waals surface area contributed by atoms with Crippen molar-refractivity contribution in [3.05, 3.63) is 39.9 Å². The van der Waals surface area contributed by atoms with Gasteiger partial charge in [0.05, 0.1) is 10.5 Å². The monoisotopic (exact) mass is 278 g/mol. The van der Waals surface area contributed by atoms with E-state index in [4.69, 9.17) is 4.74 Å². The van der Waals surface area contributed by atoms with Crippen LogP contribution in [0.25, 0.3) is 0 Å². The molecule has 0 heterocycles. The van der Waals surface area contributed by atoms with E-state index in [2.05, 4.69) is 4.90 Å². The van der Waals surface area contributed by atoms with Crippen molar-refractivity contribution >= 4 is 11.7 Å². The van der Waals surface area contributed by atoms with Gasteiger partial charge in [0.25, 0.3) is 5.69 Å². The number of esters is 1. The fourth-order valence-corrected chi connectivity index (χ4v) is 2.56. The standard InChI is InChI=1S/C14H18N2O4/c1-15(2)12-4-3-5-13(12)20-14(17)10-6-8-11(9-7-10)16(18)19/h6-9,12-13H,3-5H2,1-2H3. The highest BCUT2D eigenvalue weighted by atomic mass is 16.6. The number of hydrogen-bond donors (Lipinski definition) is 0. The average Bonchev–Trinajstić information content (AvgIpc) is 2.87. The second-order valence-corrected chi connectivity index (χ2v) is 5.21. The summed E-state index contributed by atoms with van der Waals surface area (Å²) in [6.45, 7) is 0. The molecule has 6 nitrogen and oxygen atoms in total. The zero-order valence-corrected chi connectivity index (χ0v) is 11.6. The summed E-state index contributed by atoms with van der Waals surface area (Å²) in [6.07, 6.45) is 2.82. The van der Waals surface area contributed by atoms with Gasteiger partial charge in [0.2, 0.25) is 0 Å². The maximum absolute atomic E-state index is 12.0. The van der Waals surface area contributed by atoms with Crippen LogP contribution in [0.2, 0.25) is 0 Å². The van der Waals surface area contributed by atoms with E-state index < -0.39 is 10.9 Å². The number of non-ortho nitro benzene ring substituents is 1. The molecule has 0 N–H and O–H groups in total. The van der Waals surface area contributed by atoms with Crippen LogP contribution in [0.1, 0.15) is 29.6 Å². The van der Waals surface area contributed by atoms with E-state index in [0.29, 0.717) is 5.56 Å². The fourth-order valence-electron chi connectivity index (χ4n) is 2.56. The fraction of sp³-hybridized carbons (Fsp3) is 0.500. The van der Waals surface area contributed by atoms with Crippen molar-refractivity contribution in [1.82, 2.24) is 4.90 Å². The summed E-state index contributed by atoms with van der Waals surface area (Å²) in [5.41, 5.74) is 0.314. The predicted octanol–water partition coefficient (Wildman–Crippen LogP) is 2.23. The van der Waals surface area contributed by atoms with Crippen LogP contribution in [0.5, 0.6) is 0 Å². The molecule has 0 amide bonds. The first-order valence-electron chi connectivity index (χ1n) is 6.61. The number of likely N-dealkylation sites (N-methyl/N-ethyl adjacent to an activating group) is 1. The van der Waals surface area contributed by atoms with Gasteiger partial charge in [0.1, 0.15) is 6.10 Å². The topological polar surface area (TPSA) is 72.7 Å². The lowest BCUT2D eigenvalue weighted by Crippen LogP contribution is -2.37. The Morgan fingerprint density at radius 1 is 1.30 bits per heavy atom. The number of nitro groups is 1. The maximum atomic E-state index is 12.0. The minimum atomic E-state index is -0.492. The first-order valence-corrected chi connectivity index (χ1v) is 6.61. The van der Waals surface area contributed by atoms with Crippen molar-refractivity contribution in [2.75, 3.05) is 14.1 Å². The van der Waals surface area contributed by atoms with Crippen molar-refractivity contribution < 1.29 is 14.5 Å². The van der Waals surface area contributed by atoms with Gasteiger partial charge in [-0.05, 0) is 45.5 Å². The number of rotatable bonds is 4. The molecular weight excluding hydrogens is 260 g/mol. The number of hydrogen-bond acceptors (Lipinski definition) is 5. The molecule has 1 aliphatic carbocycles. The molecule has 1 aromatic rings. The molecule has 0 aromatic heterocycles. The maximum Gasteiger partial charge on any atom is 0.338 e. The summed E-state index contributed by atoms with van der Waals surface area (Å²) in [5, 5.41) is 10.6. The molecule has 1 fully saturated rings. The molecule has 1 aliphatic rings. The minimum absolute atomic E-state index is 0.0337. The van der Waals surface area contributed by atoms with E-state index in [-0.39, 0.29) is 17.8 Å². The number of carbonyl (C=O) groups excluding carboxylic acids is 1. The molecule has 6 heteroatoms. The number of nitro benzene ring substituents is 1. The van der Waals surface area contributed by atoms with Crippen molar-refractivity contribution in [2.24, 2.45) is 0 Å². The molecule has 1 saturated carbocycles. The van der Waals surface area contributed by atoms with Crippen LogP contribution in [0, 0.1) is 10.1 Å². The van der Waals surface area contributed by atoms with Crippen LogP contribution in [0.15, 0.2) is 24.3 Å². The third kappa shape index (κ3) is 3.14. The summed E-state index contributed by atoms with van der Waals surface area (Å²) in [5.74, 6) is -0.418. The summed E-state index contributed by atoms with van der Waals surface area (Å²) in [7, 11) is 3.95. The number of nitrogens with zero attached hydrogens (tertiary/aromatic N) is 2. The summed E-state index contributed by atoms with van der Waals surface area (Å²) in [6, 6.07) is 5.74. The van der Waals surface area contributed by atoms with Crippen LogP contribution in [0.4, 0.5) is 5.69 Å². The van der Waals surface area contributed by atoms with Crippen molar-refractivity contribution in [2.45, 2.75) is 31.4 Å². The van der Waals surface area contributed by atoms with Crippen molar-refractivity contribution in [3.8, 4) is 0 Å². The van der Waals surface area contributed by atoms with Crippen LogP contribution in [-0.4, -0.2) is 42.0 Å². The number of carbonyl (C=O) groups is 1. The Labute approximate surface area is 117 Å². The summed E-state index contributed by atoms with van der Waals surface area (Å²) < 4.78 is 5.52. The first-order chi connectivity index (χ1) is 9.49. The van der Waals surface area contributed by atoms with Gasteiger partial charge in [-0.2, -0.15) is 0 Å². The number of ether oxygens (including phenoxy) is 1. The molecule has 2 rings (SSSR count). The molecule has 20 heavy (non-hydrogen) atoms. The largest absolute Gasteiger partial charge is 0.457 e. The molecule has 0 saturated heterocycles. The van der Waals surface area contributed by atoms with E-state index in [1.165, 1.54) is 24.3 Å². The molecule has 0 radical (unpaired) electrons. The Kier molecular flexibility index (Phi) is 4.34. The van der Waals surface area contributed by atoms with Gasteiger partial charge in [0, 0.05) is 18.2 Å². The second-order valence-electron chi connectivity index (χ2n) is 5.21. The molecule has 2 atom stereocenters. The minimum Gasteiger partial charge on any atom is -0.457 e. The molecule has 2 unspecified atom stereocenters. The highest BCUT2D eigenvalue weighted by Gasteiger charge is 2.32. The second kappa shape index (κ2) is 6.00. The van der Waals surface area contributed by atoms with Gasteiger partial charge in [-0.3, -0.25) is 10.1 Å². The summed E-state index contributed by atoms with van der Waals surface area (Å²) in [4.78, 5) is 24.2. The zero-order chi connectivity index (χ0) is 14.7. The SMILES string of the molecule is CN(C)C1CCCC1OC(=O)c1ccc([N+](=O)[O-])cc1. The van der Waals surface area contributed by atoms with Gasteiger partial charge in [-0.25, -0.2) is 4.79 Å². The Balaban J connectivity index is 2.02. The lowest BCUT2D eigenvalue weighted by atomic mass is 10.2. The van der Waals surface area contributed by atoms with Gasteiger partial charge in [0.15, 0.2) is 0 Å². The molecule has 108 valence electrons. The first kappa shape index (κ1) is 14.5. The molecular formula is C14H18N2O4. The average molecular weight is 278 g/mol.